The lowest BCUT2D eigenvalue weighted by Crippen LogP contribution is -2.08. The number of hydrogen-bond acceptors (Lipinski definition) is 3. The van der Waals surface area contributed by atoms with Gasteiger partial charge in [0.25, 0.3) is 0 Å². The molecule has 0 aliphatic heterocycles. The van der Waals surface area contributed by atoms with E-state index in [1.54, 1.807) is 0 Å². The molecule has 0 saturated carbocycles. The number of halogens is 1. The number of aromatic nitrogens is 2. The molecule has 0 amide bonds. The van der Waals surface area contributed by atoms with E-state index in [4.69, 9.17) is 4.74 Å². The molecule has 0 aliphatic carbocycles. The first-order chi connectivity index (χ1) is 10.1. The number of nitrogens with zero attached hydrogens (tertiary/aromatic N) is 2. The van der Waals surface area contributed by atoms with Crippen molar-refractivity contribution < 1.29 is 9.84 Å². The van der Waals surface area contributed by atoms with E-state index in [-0.39, 0.29) is 0 Å². The van der Waals surface area contributed by atoms with Crippen LogP contribution in [0, 0.1) is 6.92 Å². The number of aryl methyl sites for hydroxylation is 2. The van der Waals surface area contributed by atoms with Crippen LogP contribution in [0.5, 0.6) is 5.75 Å². The van der Waals surface area contributed by atoms with Crippen molar-refractivity contribution >= 4 is 15.9 Å². The molecular weight excluding hydrogens is 332 g/mol. The number of aliphatic hydroxyl groups is 1. The Kier molecular flexibility index (Phi) is 5.42. The van der Waals surface area contributed by atoms with Gasteiger partial charge < -0.3 is 9.84 Å². The third-order valence-corrected chi connectivity index (χ3v) is 4.51. The van der Waals surface area contributed by atoms with E-state index in [1.165, 1.54) is 0 Å². The lowest BCUT2D eigenvalue weighted by molar-refractivity contribution is 0.166. The zero-order valence-corrected chi connectivity index (χ0v) is 14.2. The highest BCUT2D eigenvalue weighted by molar-refractivity contribution is 9.10. The van der Waals surface area contributed by atoms with Gasteiger partial charge in [0.15, 0.2) is 0 Å². The number of rotatable bonds is 6. The fourth-order valence-corrected chi connectivity index (χ4v) is 2.66. The maximum absolute atomic E-state index is 10.1. The van der Waals surface area contributed by atoms with E-state index in [9.17, 15) is 5.11 Å². The molecule has 1 N–H and O–H groups in total. The predicted molar refractivity (Wildman–Crippen MR) is 86.4 cm³/mol. The van der Waals surface area contributed by atoms with Gasteiger partial charge in [0.1, 0.15) is 12.4 Å². The van der Waals surface area contributed by atoms with Crippen molar-refractivity contribution in [1.29, 1.82) is 0 Å². The van der Waals surface area contributed by atoms with Crippen molar-refractivity contribution in [2.45, 2.75) is 46.4 Å². The number of ether oxygens (including phenoxy) is 1. The Morgan fingerprint density at radius 3 is 2.71 bits per heavy atom. The second-order valence-corrected chi connectivity index (χ2v) is 5.71. The zero-order valence-electron chi connectivity index (χ0n) is 12.6. The van der Waals surface area contributed by atoms with Crippen LogP contribution in [0.1, 0.15) is 43.3 Å². The molecule has 0 spiro atoms. The first kappa shape index (κ1) is 16.0. The van der Waals surface area contributed by atoms with Gasteiger partial charge in [0, 0.05) is 12.1 Å². The molecule has 4 nitrogen and oxygen atoms in total. The molecule has 0 bridgehead atoms. The van der Waals surface area contributed by atoms with Crippen molar-refractivity contribution in [3.8, 4) is 5.75 Å². The van der Waals surface area contributed by atoms with E-state index in [1.807, 2.05) is 42.8 Å². The average molecular weight is 353 g/mol. The molecule has 1 aromatic carbocycles. The second-order valence-electron chi connectivity index (χ2n) is 4.91. The third-order valence-electron chi connectivity index (χ3n) is 3.48. The van der Waals surface area contributed by atoms with Crippen LogP contribution in [0.3, 0.4) is 0 Å². The minimum Gasteiger partial charge on any atom is -0.487 e. The van der Waals surface area contributed by atoms with Crippen LogP contribution >= 0.6 is 15.9 Å². The standard InChI is InChI=1S/C16H21BrN2O2/c1-4-14(20)12-8-6-7-9-15(12)21-10-13-16(17)11(3)18-19(13)5-2/h6-9,14,20H,4-5,10H2,1-3H3/t14-/m0/s1. The van der Waals surface area contributed by atoms with Crippen molar-refractivity contribution in [3.05, 3.63) is 45.7 Å². The molecule has 0 aliphatic rings. The van der Waals surface area contributed by atoms with Crippen LogP contribution in [0.4, 0.5) is 0 Å². The first-order valence-electron chi connectivity index (χ1n) is 7.20. The van der Waals surface area contributed by atoms with Gasteiger partial charge >= 0.3 is 0 Å². The number of para-hydroxylation sites is 1. The topological polar surface area (TPSA) is 47.3 Å². The summed E-state index contributed by atoms with van der Waals surface area (Å²) in [6.07, 6.45) is 0.165. The average Bonchev–Trinajstić information content (AvgIpc) is 2.79. The normalized spacial score (nSPS) is 12.4. The molecule has 2 rings (SSSR count). The Hall–Kier alpha value is -1.33. The summed E-state index contributed by atoms with van der Waals surface area (Å²) in [6, 6.07) is 7.62. The lowest BCUT2D eigenvalue weighted by Gasteiger charge is -2.15. The summed E-state index contributed by atoms with van der Waals surface area (Å²) in [6.45, 7) is 7.19. The maximum Gasteiger partial charge on any atom is 0.131 e. The molecule has 0 saturated heterocycles. The van der Waals surface area contributed by atoms with Gasteiger partial charge in [-0.3, -0.25) is 4.68 Å². The van der Waals surface area contributed by atoms with Gasteiger partial charge in [-0.15, -0.1) is 0 Å². The van der Waals surface area contributed by atoms with Gasteiger partial charge in [0.2, 0.25) is 0 Å². The highest BCUT2D eigenvalue weighted by Crippen LogP contribution is 2.29. The Balaban J connectivity index is 2.21. The SMILES string of the molecule is CC[C@H](O)c1ccccc1OCc1c(Br)c(C)nn1CC. The summed E-state index contributed by atoms with van der Waals surface area (Å²) in [5.41, 5.74) is 2.79. The van der Waals surface area contributed by atoms with E-state index in [2.05, 4.69) is 28.0 Å². The van der Waals surface area contributed by atoms with Crippen molar-refractivity contribution in [2.75, 3.05) is 0 Å². The van der Waals surface area contributed by atoms with Crippen LogP contribution in [-0.2, 0) is 13.2 Å². The monoisotopic (exact) mass is 352 g/mol. The fraction of sp³-hybridized carbons (Fsp3) is 0.438. The number of aliphatic hydroxyl groups excluding tert-OH is 1. The zero-order chi connectivity index (χ0) is 15.4. The molecule has 1 heterocycles. The molecule has 2 aromatic rings. The number of hydrogen-bond donors (Lipinski definition) is 1. The molecule has 0 unspecified atom stereocenters. The molecular formula is C16H21BrN2O2. The quantitative estimate of drug-likeness (QED) is 0.854. The highest BCUT2D eigenvalue weighted by atomic mass is 79.9. The van der Waals surface area contributed by atoms with Gasteiger partial charge in [0.05, 0.1) is 22.0 Å². The number of benzene rings is 1. The van der Waals surface area contributed by atoms with Crippen molar-refractivity contribution in [1.82, 2.24) is 9.78 Å². The molecule has 5 heteroatoms. The largest absolute Gasteiger partial charge is 0.487 e. The minimum atomic E-state index is -0.498. The second kappa shape index (κ2) is 7.09. The summed E-state index contributed by atoms with van der Waals surface area (Å²) in [4.78, 5) is 0. The van der Waals surface area contributed by atoms with Crippen LogP contribution in [0.15, 0.2) is 28.7 Å². The van der Waals surface area contributed by atoms with E-state index < -0.39 is 6.10 Å². The Labute approximate surface area is 133 Å². The lowest BCUT2D eigenvalue weighted by atomic mass is 10.1. The van der Waals surface area contributed by atoms with E-state index in [0.29, 0.717) is 13.0 Å². The van der Waals surface area contributed by atoms with Crippen molar-refractivity contribution in [2.24, 2.45) is 0 Å². The molecule has 1 aromatic heterocycles. The Bertz CT molecular complexity index is 610. The van der Waals surface area contributed by atoms with Crippen LogP contribution in [0.2, 0.25) is 0 Å². The smallest absolute Gasteiger partial charge is 0.131 e. The van der Waals surface area contributed by atoms with Crippen LogP contribution in [-0.4, -0.2) is 14.9 Å². The summed E-state index contributed by atoms with van der Waals surface area (Å²) in [5, 5.41) is 14.5. The van der Waals surface area contributed by atoms with Gasteiger partial charge in [-0.25, -0.2) is 0 Å². The molecule has 21 heavy (non-hydrogen) atoms. The van der Waals surface area contributed by atoms with E-state index in [0.717, 1.165) is 33.7 Å². The first-order valence-corrected chi connectivity index (χ1v) is 7.99. The minimum absolute atomic E-state index is 0.419. The molecule has 114 valence electrons. The molecule has 1 atom stereocenters. The summed E-state index contributed by atoms with van der Waals surface area (Å²) < 4.78 is 8.84. The summed E-state index contributed by atoms with van der Waals surface area (Å²) >= 11 is 3.56. The van der Waals surface area contributed by atoms with Crippen LogP contribution < -0.4 is 4.74 Å². The summed E-state index contributed by atoms with van der Waals surface area (Å²) in [5.74, 6) is 0.722. The molecule has 0 fully saturated rings. The highest BCUT2D eigenvalue weighted by Gasteiger charge is 2.15. The third kappa shape index (κ3) is 3.47. The fourth-order valence-electron chi connectivity index (χ4n) is 2.26. The van der Waals surface area contributed by atoms with E-state index >= 15 is 0 Å². The van der Waals surface area contributed by atoms with Crippen LogP contribution in [0.25, 0.3) is 0 Å². The summed E-state index contributed by atoms with van der Waals surface area (Å²) in [7, 11) is 0. The predicted octanol–water partition coefficient (Wildman–Crippen LogP) is 4.00. The Morgan fingerprint density at radius 2 is 2.05 bits per heavy atom. The van der Waals surface area contributed by atoms with Gasteiger partial charge in [-0.05, 0) is 42.3 Å². The van der Waals surface area contributed by atoms with Gasteiger partial charge in [-0.2, -0.15) is 5.10 Å². The van der Waals surface area contributed by atoms with Gasteiger partial charge in [-0.1, -0.05) is 25.1 Å². The Morgan fingerprint density at radius 1 is 1.33 bits per heavy atom. The maximum atomic E-state index is 10.1. The molecule has 0 radical (unpaired) electrons. The van der Waals surface area contributed by atoms with Crippen molar-refractivity contribution in [3.63, 3.8) is 0 Å².